The van der Waals surface area contributed by atoms with Gasteiger partial charge in [-0.3, -0.25) is 0 Å². The number of allylic oxidation sites excluding steroid dienone is 2. The molecule has 0 atom stereocenters. The molecule has 0 aromatic heterocycles. The lowest BCUT2D eigenvalue weighted by atomic mass is 10.6. The van der Waals surface area contributed by atoms with Crippen LogP contribution in [0.4, 0.5) is 0 Å². The van der Waals surface area contributed by atoms with Gasteiger partial charge in [0.15, 0.2) is 0 Å². The first-order valence-corrected chi connectivity index (χ1v) is 2.75. The molecule has 0 amide bonds. The highest BCUT2D eigenvalue weighted by Gasteiger charge is 1.58. The van der Waals surface area contributed by atoms with Gasteiger partial charge in [-0.25, -0.2) is 0 Å². The number of alkyl halides is 1. The molecule has 0 aliphatic heterocycles. The quantitative estimate of drug-likeness (QED) is 0.454. The van der Waals surface area contributed by atoms with Crippen molar-refractivity contribution in [3.8, 4) is 0 Å². The summed E-state index contributed by atoms with van der Waals surface area (Å²) in [7, 11) is 0. The van der Waals surface area contributed by atoms with Gasteiger partial charge in [-0.2, -0.15) is 0 Å². The Morgan fingerprint density at radius 1 is 1.67 bits per heavy atom. The van der Waals surface area contributed by atoms with Crippen molar-refractivity contribution in [1.29, 1.82) is 5.41 Å². The fourth-order valence-electron chi connectivity index (χ4n) is 0.119. The second-order valence-corrected chi connectivity index (χ2v) is 1.40. The van der Waals surface area contributed by atoms with Gasteiger partial charge in [0.05, 0.1) is 0 Å². The van der Waals surface area contributed by atoms with E-state index in [1.54, 1.807) is 6.08 Å². The van der Waals surface area contributed by atoms with Crippen LogP contribution in [0.3, 0.4) is 0 Å². The molecule has 0 aromatic carbocycles. The third kappa shape index (κ3) is 3.89. The first-order chi connectivity index (χ1) is 2.91. The lowest BCUT2D eigenvalue weighted by Gasteiger charge is -1.65. The summed E-state index contributed by atoms with van der Waals surface area (Å²) in [5, 5.41) is 7.31. The summed E-state index contributed by atoms with van der Waals surface area (Å²) >= 11 is 3.16. The zero-order valence-corrected chi connectivity index (χ0v) is 4.90. The fourth-order valence-corrected chi connectivity index (χ4v) is 0.335. The molecule has 0 saturated carbocycles. The zero-order valence-electron chi connectivity index (χ0n) is 3.32. The highest BCUT2D eigenvalue weighted by atomic mass is 79.9. The number of nitrogens with one attached hydrogen (secondary N) is 1. The molecule has 0 rings (SSSR count). The third-order valence-electron chi connectivity index (χ3n) is 0.321. The van der Waals surface area contributed by atoms with E-state index in [-0.39, 0.29) is 0 Å². The van der Waals surface area contributed by atoms with Gasteiger partial charge in [-0.1, -0.05) is 22.0 Å². The van der Waals surface area contributed by atoms with E-state index in [0.29, 0.717) is 0 Å². The molecular weight excluding hydrogens is 142 g/mol. The summed E-state index contributed by atoms with van der Waals surface area (Å²) in [4.78, 5) is 0. The first-order valence-electron chi connectivity index (χ1n) is 1.63. The average molecular weight is 148 g/mol. The van der Waals surface area contributed by atoms with E-state index in [4.69, 9.17) is 5.41 Å². The van der Waals surface area contributed by atoms with Crippen LogP contribution in [0.2, 0.25) is 0 Å². The fraction of sp³-hybridized carbons (Fsp3) is 0.250. The van der Waals surface area contributed by atoms with Gasteiger partial charge in [0.2, 0.25) is 0 Å². The first kappa shape index (κ1) is 5.89. The predicted octanol–water partition coefficient (Wildman–Crippen LogP) is 1.59. The van der Waals surface area contributed by atoms with E-state index in [9.17, 15) is 0 Å². The molecule has 0 spiro atoms. The normalized spacial score (nSPS) is 9.50. The highest BCUT2D eigenvalue weighted by molar-refractivity contribution is 9.09. The van der Waals surface area contributed by atoms with Crippen LogP contribution in [-0.4, -0.2) is 11.5 Å². The zero-order chi connectivity index (χ0) is 4.83. The van der Waals surface area contributed by atoms with Crippen molar-refractivity contribution in [2.45, 2.75) is 0 Å². The largest absolute Gasteiger partial charge is 0.309 e. The highest BCUT2D eigenvalue weighted by Crippen LogP contribution is 1.77. The summed E-state index contributed by atoms with van der Waals surface area (Å²) in [5.74, 6) is 0. The van der Waals surface area contributed by atoms with Gasteiger partial charge in [-0.15, -0.1) is 0 Å². The minimum Gasteiger partial charge on any atom is -0.309 e. The Hall–Kier alpha value is -0.110. The Morgan fingerprint density at radius 2 is 2.33 bits per heavy atom. The van der Waals surface area contributed by atoms with Gasteiger partial charge < -0.3 is 5.41 Å². The molecule has 2 heteroatoms. The molecule has 0 saturated heterocycles. The van der Waals surface area contributed by atoms with E-state index in [1.807, 2.05) is 6.08 Å². The van der Waals surface area contributed by atoms with Crippen molar-refractivity contribution in [1.82, 2.24) is 0 Å². The molecule has 34 valence electrons. The summed E-state index contributed by atoms with van der Waals surface area (Å²) in [6.07, 6.45) is 4.78. The van der Waals surface area contributed by atoms with Crippen LogP contribution in [0.5, 0.6) is 0 Å². The van der Waals surface area contributed by atoms with Crippen molar-refractivity contribution in [2.75, 3.05) is 5.33 Å². The Balaban J connectivity index is 2.94. The van der Waals surface area contributed by atoms with Gasteiger partial charge in [0, 0.05) is 11.5 Å². The molecular formula is C4H6BrN. The maximum atomic E-state index is 6.47. The molecule has 0 aliphatic carbocycles. The van der Waals surface area contributed by atoms with Crippen LogP contribution in [0.25, 0.3) is 0 Å². The lowest BCUT2D eigenvalue weighted by Crippen LogP contribution is -1.57. The molecule has 1 nitrogen and oxygen atoms in total. The predicted molar refractivity (Wildman–Crippen MR) is 31.7 cm³/mol. The van der Waals surface area contributed by atoms with Crippen LogP contribution >= 0.6 is 15.9 Å². The topological polar surface area (TPSA) is 23.9 Å². The second kappa shape index (κ2) is 4.89. The van der Waals surface area contributed by atoms with Crippen LogP contribution < -0.4 is 0 Å². The Labute approximate surface area is 45.7 Å². The van der Waals surface area contributed by atoms with E-state index >= 15 is 0 Å². The van der Waals surface area contributed by atoms with Crippen LogP contribution in [0.15, 0.2) is 12.2 Å². The van der Waals surface area contributed by atoms with Crippen molar-refractivity contribution >= 4 is 22.1 Å². The van der Waals surface area contributed by atoms with Crippen molar-refractivity contribution < 1.29 is 0 Å². The Morgan fingerprint density at radius 3 is 2.50 bits per heavy atom. The summed E-state index contributed by atoms with van der Waals surface area (Å²) in [6, 6.07) is 0. The summed E-state index contributed by atoms with van der Waals surface area (Å²) in [5.41, 5.74) is 0. The molecule has 6 heavy (non-hydrogen) atoms. The minimum atomic E-state index is 0.836. The summed E-state index contributed by atoms with van der Waals surface area (Å²) in [6.45, 7) is 0. The second-order valence-electron chi connectivity index (χ2n) is 0.749. The smallest absolute Gasteiger partial charge is 0.0215 e. The SMILES string of the molecule is N=C/C=C\CBr. The number of hydrogen-bond acceptors (Lipinski definition) is 1. The van der Waals surface area contributed by atoms with E-state index in [0.717, 1.165) is 5.33 Å². The standard InChI is InChI=1S/C4H6BrN/c5-3-1-2-4-6/h1-2,4,6H,3H2/b2-1-,6-4?. The van der Waals surface area contributed by atoms with E-state index < -0.39 is 0 Å². The number of halogens is 1. The molecule has 0 heterocycles. The molecule has 0 bridgehead atoms. The lowest BCUT2D eigenvalue weighted by molar-refractivity contribution is 1.57. The molecule has 0 aromatic rings. The molecule has 0 aliphatic rings. The maximum absolute atomic E-state index is 6.47. The average Bonchev–Trinajstić information content (AvgIpc) is 1.61. The molecule has 1 N–H and O–H groups in total. The maximum Gasteiger partial charge on any atom is 0.0215 e. The van der Waals surface area contributed by atoms with E-state index in [1.165, 1.54) is 6.21 Å². The summed E-state index contributed by atoms with van der Waals surface area (Å²) < 4.78 is 0. The molecule has 0 fully saturated rings. The Kier molecular flexibility index (Phi) is 4.80. The van der Waals surface area contributed by atoms with Crippen molar-refractivity contribution in [3.05, 3.63) is 12.2 Å². The number of hydrogen-bond donors (Lipinski definition) is 1. The van der Waals surface area contributed by atoms with Gasteiger partial charge in [-0.05, 0) is 6.08 Å². The van der Waals surface area contributed by atoms with Crippen molar-refractivity contribution in [3.63, 3.8) is 0 Å². The number of rotatable bonds is 2. The van der Waals surface area contributed by atoms with Crippen LogP contribution in [0.1, 0.15) is 0 Å². The van der Waals surface area contributed by atoms with Gasteiger partial charge >= 0.3 is 0 Å². The van der Waals surface area contributed by atoms with Crippen LogP contribution in [0, 0.1) is 5.41 Å². The van der Waals surface area contributed by atoms with Gasteiger partial charge in [0.25, 0.3) is 0 Å². The minimum absolute atomic E-state index is 0.836. The molecule has 0 unspecified atom stereocenters. The monoisotopic (exact) mass is 147 g/mol. The van der Waals surface area contributed by atoms with Crippen LogP contribution in [-0.2, 0) is 0 Å². The van der Waals surface area contributed by atoms with E-state index in [2.05, 4.69) is 15.9 Å². The Bertz CT molecular complexity index is 58.6. The van der Waals surface area contributed by atoms with Gasteiger partial charge in [0.1, 0.15) is 0 Å². The van der Waals surface area contributed by atoms with Crippen molar-refractivity contribution in [2.24, 2.45) is 0 Å². The molecule has 0 radical (unpaired) electrons. The third-order valence-corrected chi connectivity index (χ3v) is 0.695.